The highest BCUT2D eigenvalue weighted by molar-refractivity contribution is 6.30. The highest BCUT2D eigenvalue weighted by Crippen LogP contribution is 2.30. The SMILES string of the molecule is CCCCc1nc(Cl)c(CCO)n1Cc1ccc(-c2ccccc2-c2nnn[nH]2)cc1. The van der Waals surface area contributed by atoms with E-state index in [1.807, 2.05) is 18.2 Å². The summed E-state index contributed by atoms with van der Waals surface area (Å²) in [4.78, 5) is 4.56. The third-order valence-corrected chi connectivity index (χ3v) is 5.64. The maximum Gasteiger partial charge on any atom is 0.180 e. The first-order valence-electron chi connectivity index (χ1n) is 10.5. The molecule has 31 heavy (non-hydrogen) atoms. The summed E-state index contributed by atoms with van der Waals surface area (Å²) in [5, 5.41) is 24.2. The van der Waals surface area contributed by atoms with Gasteiger partial charge in [-0.1, -0.05) is 73.5 Å². The van der Waals surface area contributed by atoms with Crippen molar-refractivity contribution in [2.45, 2.75) is 39.2 Å². The monoisotopic (exact) mass is 436 g/mol. The number of aliphatic hydroxyl groups excluding tert-OH is 1. The number of nitrogens with one attached hydrogen (secondary N) is 1. The fourth-order valence-corrected chi connectivity index (χ4v) is 4.04. The average molecular weight is 437 g/mol. The molecule has 0 unspecified atom stereocenters. The molecule has 4 aromatic rings. The van der Waals surface area contributed by atoms with E-state index in [4.69, 9.17) is 11.6 Å². The zero-order valence-electron chi connectivity index (χ0n) is 17.4. The Morgan fingerprint density at radius 1 is 1.03 bits per heavy atom. The smallest absolute Gasteiger partial charge is 0.180 e. The summed E-state index contributed by atoms with van der Waals surface area (Å²) in [7, 11) is 0. The van der Waals surface area contributed by atoms with E-state index in [2.05, 4.69) is 67.4 Å². The van der Waals surface area contributed by atoms with Crippen LogP contribution in [-0.2, 0) is 19.4 Å². The number of nitrogens with zero attached hydrogens (tertiary/aromatic N) is 5. The van der Waals surface area contributed by atoms with Gasteiger partial charge < -0.3 is 9.67 Å². The molecule has 0 aliphatic carbocycles. The number of aliphatic hydroxyl groups is 1. The van der Waals surface area contributed by atoms with Crippen molar-refractivity contribution in [3.05, 3.63) is 70.8 Å². The Labute approximate surface area is 186 Å². The molecular weight excluding hydrogens is 412 g/mol. The number of tetrazole rings is 1. The van der Waals surface area contributed by atoms with Gasteiger partial charge in [-0.2, -0.15) is 0 Å². The molecule has 2 aromatic carbocycles. The standard InChI is InChI=1S/C23H25ClN6O/c1-2-3-8-21-25-22(24)20(13-14-31)30(21)15-16-9-11-17(12-10-16)18-6-4-5-7-19(18)23-26-28-29-27-23/h4-7,9-12,31H,2-3,8,13-15H2,1H3,(H,26,27,28,29). The Bertz CT molecular complexity index is 1120. The predicted molar refractivity (Wildman–Crippen MR) is 121 cm³/mol. The van der Waals surface area contributed by atoms with Gasteiger partial charge in [-0.3, -0.25) is 0 Å². The Morgan fingerprint density at radius 2 is 1.81 bits per heavy atom. The molecule has 160 valence electrons. The zero-order valence-corrected chi connectivity index (χ0v) is 18.2. The number of rotatable bonds is 9. The highest BCUT2D eigenvalue weighted by atomic mass is 35.5. The normalized spacial score (nSPS) is 11.2. The molecule has 0 amide bonds. The number of aryl methyl sites for hydroxylation is 1. The molecule has 2 aromatic heterocycles. The van der Waals surface area contributed by atoms with Crippen LogP contribution >= 0.6 is 11.6 Å². The molecule has 0 bridgehead atoms. The van der Waals surface area contributed by atoms with Gasteiger partial charge >= 0.3 is 0 Å². The third-order valence-electron chi connectivity index (χ3n) is 5.34. The summed E-state index contributed by atoms with van der Waals surface area (Å²) in [6.07, 6.45) is 3.51. The van der Waals surface area contributed by atoms with Crippen molar-refractivity contribution in [2.75, 3.05) is 6.61 Å². The van der Waals surface area contributed by atoms with Crippen molar-refractivity contribution in [1.29, 1.82) is 0 Å². The first kappa shape index (κ1) is 21.2. The number of unbranched alkanes of at least 4 members (excludes halogenated alkanes) is 1. The molecule has 0 atom stereocenters. The number of imidazole rings is 1. The molecule has 2 heterocycles. The van der Waals surface area contributed by atoms with E-state index in [1.54, 1.807) is 0 Å². The largest absolute Gasteiger partial charge is 0.396 e. The van der Waals surface area contributed by atoms with E-state index >= 15 is 0 Å². The van der Waals surface area contributed by atoms with Crippen molar-refractivity contribution in [3.8, 4) is 22.5 Å². The molecule has 0 aliphatic rings. The van der Waals surface area contributed by atoms with Gasteiger partial charge in [0.05, 0.1) is 5.69 Å². The molecule has 0 fully saturated rings. The summed E-state index contributed by atoms with van der Waals surface area (Å²) in [6, 6.07) is 16.5. The van der Waals surface area contributed by atoms with E-state index in [9.17, 15) is 5.11 Å². The first-order chi connectivity index (χ1) is 15.2. The van der Waals surface area contributed by atoms with E-state index in [1.165, 1.54) is 0 Å². The quantitative estimate of drug-likeness (QED) is 0.408. The minimum Gasteiger partial charge on any atom is -0.396 e. The molecule has 0 saturated heterocycles. The topological polar surface area (TPSA) is 92.5 Å². The minimum atomic E-state index is 0.0465. The summed E-state index contributed by atoms with van der Waals surface area (Å²) in [5.74, 6) is 1.62. The van der Waals surface area contributed by atoms with Crippen molar-refractivity contribution in [1.82, 2.24) is 30.2 Å². The number of benzene rings is 2. The predicted octanol–water partition coefficient (Wildman–Crippen LogP) is 4.31. The number of H-pyrrole nitrogens is 1. The fourth-order valence-electron chi connectivity index (χ4n) is 3.75. The Balaban J connectivity index is 1.62. The van der Waals surface area contributed by atoms with E-state index in [0.29, 0.717) is 23.9 Å². The van der Waals surface area contributed by atoms with Crippen LogP contribution in [0.4, 0.5) is 0 Å². The number of hydrogen-bond acceptors (Lipinski definition) is 5. The van der Waals surface area contributed by atoms with Crippen LogP contribution < -0.4 is 0 Å². The fraction of sp³-hybridized carbons (Fsp3) is 0.304. The Hall–Kier alpha value is -3.03. The summed E-state index contributed by atoms with van der Waals surface area (Å²) >= 11 is 6.38. The second-order valence-electron chi connectivity index (χ2n) is 7.42. The van der Waals surface area contributed by atoms with E-state index in [0.717, 1.165) is 53.0 Å². The van der Waals surface area contributed by atoms with Crippen molar-refractivity contribution in [3.63, 3.8) is 0 Å². The molecule has 7 nitrogen and oxygen atoms in total. The summed E-state index contributed by atoms with van der Waals surface area (Å²) in [6.45, 7) is 2.88. The van der Waals surface area contributed by atoms with E-state index in [-0.39, 0.29) is 6.61 Å². The van der Waals surface area contributed by atoms with Gasteiger partial charge in [0.2, 0.25) is 0 Å². The second kappa shape index (κ2) is 9.85. The number of aromatic nitrogens is 6. The van der Waals surface area contributed by atoms with Gasteiger partial charge in [-0.25, -0.2) is 10.1 Å². The zero-order chi connectivity index (χ0) is 21.6. The van der Waals surface area contributed by atoms with Crippen LogP contribution in [0.5, 0.6) is 0 Å². The third kappa shape index (κ3) is 4.68. The lowest BCUT2D eigenvalue weighted by Crippen LogP contribution is -2.10. The van der Waals surface area contributed by atoms with Crippen LogP contribution in [0.15, 0.2) is 48.5 Å². The summed E-state index contributed by atoms with van der Waals surface area (Å²) < 4.78 is 2.15. The average Bonchev–Trinajstić information content (AvgIpc) is 3.43. The lowest BCUT2D eigenvalue weighted by Gasteiger charge is -2.13. The molecular formula is C23H25ClN6O. The van der Waals surface area contributed by atoms with Gasteiger partial charge in [0.1, 0.15) is 5.82 Å². The molecule has 0 aliphatic heterocycles. The van der Waals surface area contributed by atoms with Crippen LogP contribution in [0.3, 0.4) is 0 Å². The molecule has 8 heteroatoms. The lowest BCUT2D eigenvalue weighted by molar-refractivity contribution is 0.296. The Morgan fingerprint density at radius 3 is 2.48 bits per heavy atom. The second-order valence-corrected chi connectivity index (χ2v) is 7.78. The van der Waals surface area contributed by atoms with Gasteiger partial charge in [0.15, 0.2) is 11.0 Å². The van der Waals surface area contributed by atoms with Gasteiger partial charge in [-0.15, -0.1) is 5.10 Å². The van der Waals surface area contributed by atoms with Gasteiger partial charge in [0, 0.05) is 31.6 Å². The molecule has 0 saturated carbocycles. The number of halogens is 1. The maximum atomic E-state index is 9.47. The molecule has 0 spiro atoms. The molecule has 4 rings (SSSR count). The van der Waals surface area contributed by atoms with Crippen LogP contribution in [0.1, 0.15) is 36.8 Å². The Kier molecular flexibility index (Phi) is 6.74. The molecule has 0 radical (unpaired) electrons. The van der Waals surface area contributed by atoms with Gasteiger partial charge in [-0.05, 0) is 33.5 Å². The van der Waals surface area contributed by atoms with Crippen LogP contribution in [0.25, 0.3) is 22.5 Å². The number of aromatic amines is 1. The minimum absolute atomic E-state index is 0.0465. The lowest BCUT2D eigenvalue weighted by atomic mass is 9.98. The summed E-state index contributed by atoms with van der Waals surface area (Å²) in [5.41, 5.74) is 5.13. The maximum absolute atomic E-state index is 9.47. The van der Waals surface area contributed by atoms with Crippen LogP contribution in [0.2, 0.25) is 5.15 Å². The van der Waals surface area contributed by atoms with Crippen LogP contribution in [-0.4, -0.2) is 41.9 Å². The number of hydrogen-bond donors (Lipinski definition) is 2. The van der Waals surface area contributed by atoms with Crippen molar-refractivity contribution in [2.24, 2.45) is 0 Å². The van der Waals surface area contributed by atoms with Crippen LogP contribution in [0, 0.1) is 0 Å². The highest BCUT2D eigenvalue weighted by Gasteiger charge is 2.16. The molecule has 2 N–H and O–H groups in total. The van der Waals surface area contributed by atoms with Crippen molar-refractivity contribution >= 4 is 11.6 Å². The van der Waals surface area contributed by atoms with Crippen molar-refractivity contribution < 1.29 is 5.11 Å². The first-order valence-corrected chi connectivity index (χ1v) is 10.9. The van der Waals surface area contributed by atoms with Gasteiger partial charge in [0.25, 0.3) is 0 Å². The van der Waals surface area contributed by atoms with E-state index < -0.39 is 0 Å².